The van der Waals surface area contributed by atoms with E-state index in [1.165, 1.54) is 15.0 Å². The third-order valence-electron chi connectivity index (χ3n) is 4.53. The van der Waals surface area contributed by atoms with E-state index in [0.717, 1.165) is 38.5 Å². The smallest absolute Gasteiger partial charge is 0.282 e. The quantitative estimate of drug-likeness (QED) is 0.835. The van der Waals surface area contributed by atoms with E-state index >= 15 is 0 Å². The lowest BCUT2D eigenvalue weighted by atomic mass is 9.96. The second-order valence-electron chi connectivity index (χ2n) is 5.84. The molecular weight excluding hydrogens is 278 g/mol. The van der Waals surface area contributed by atoms with Gasteiger partial charge in [0, 0.05) is 19.6 Å². The molecule has 1 unspecified atom stereocenters. The summed E-state index contributed by atoms with van der Waals surface area (Å²) < 4.78 is 28.3. The average molecular weight is 303 g/mol. The number of piperidine rings is 1. The van der Waals surface area contributed by atoms with Crippen LogP contribution in [-0.4, -0.2) is 48.6 Å². The summed E-state index contributed by atoms with van der Waals surface area (Å²) in [6.45, 7) is 0.396. The van der Waals surface area contributed by atoms with Crippen LogP contribution in [0.3, 0.4) is 0 Å². The Morgan fingerprint density at radius 3 is 2.30 bits per heavy atom. The average Bonchev–Trinajstić information content (AvgIpc) is 2.47. The lowest BCUT2D eigenvalue weighted by Crippen LogP contribution is -2.56. The Morgan fingerprint density at radius 2 is 1.70 bits per heavy atom. The summed E-state index contributed by atoms with van der Waals surface area (Å²) in [5, 5.41) is 0. The molecule has 0 aromatic carbocycles. The molecule has 1 amide bonds. The van der Waals surface area contributed by atoms with Crippen LogP contribution in [0.25, 0.3) is 0 Å². The summed E-state index contributed by atoms with van der Waals surface area (Å²) >= 11 is 0. The number of carbonyl (C=O) groups excluding carboxylic acids is 1. The topological polar surface area (TPSA) is 83.7 Å². The van der Waals surface area contributed by atoms with E-state index in [1.54, 1.807) is 7.05 Å². The molecule has 0 aromatic rings. The molecule has 116 valence electrons. The molecule has 20 heavy (non-hydrogen) atoms. The maximum atomic E-state index is 12.7. The normalized spacial score (nSPS) is 26.8. The Kier molecular flexibility index (Phi) is 5.04. The molecule has 0 bridgehead atoms. The third-order valence-corrected chi connectivity index (χ3v) is 6.59. The van der Waals surface area contributed by atoms with Crippen LogP contribution < -0.4 is 5.73 Å². The van der Waals surface area contributed by atoms with Crippen LogP contribution in [0, 0.1) is 0 Å². The first-order valence-corrected chi connectivity index (χ1v) is 8.88. The maximum absolute atomic E-state index is 12.7. The van der Waals surface area contributed by atoms with Crippen LogP contribution >= 0.6 is 0 Å². The van der Waals surface area contributed by atoms with Crippen molar-refractivity contribution in [3.8, 4) is 0 Å². The largest absolute Gasteiger partial charge is 0.368 e. The number of carbonyl (C=O) groups is 1. The Hall–Kier alpha value is -0.660. The predicted octanol–water partition coefficient (Wildman–Crippen LogP) is 0.836. The molecule has 1 saturated carbocycles. The molecule has 1 saturated heterocycles. The van der Waals surface area contributed by atoms with Gasteiger partial charge in [0.2, 0.25) is 5.91 Å². The number of nitrogens with two attached hydrogens (primary N) is 1. The molecule has 2 rings (SSSR count). The molecule has 1 heterocycles. The highest BCUT2D eigenvalue weighted by Gasteiger charge is 2.40. The molecule has 2 aliphatic rings. The lowest BCUT2D eigenvalue weighted by Gasteiger charge is -2.38. The second kappa shape index (κ2) is 6.41. The van der Waals surface area contributed by atoms with Crippen molar-refractivity contribution in [3.05, 3.63) is 0 Å². The van der Waals surface area contributed by atoms with Crippen LogP contribution in [0.5, 0.6) is 0 Å². The fourth-order valence-corrected chi connectivity index (χ4v) is 5.07. The summed E-state index contributed by atoms with van der Waals surface area (Å²) in [6.07, 6.45) is 7.32. The zero-order valence-electron chi connectivity index (χ0n) is 12.1. The first-order chi connectivity index (χ1) is 9.44. The number of primary amides is 1. The molecule has 1 atom stereocenters. The molecule has 2 N–H and O–H groups in total. The van der Waals surface area contributed by atoms with Gasteiger partial charge in [-0.25, -0.2) is 0 Å². The highest BCUT2D eigenvalue weighted by Crippen LogP contribution is 2.28. The standard InChI is InChI=1S/C13H25N3O3S/c1-15(11-7-3-2-4-8-11)20(18,19)16-10-6-5-9-12(16)13(14)17/h11-12H,2-10H2,1H3,(H2,14,17). The van der Waals surface area contributed by atoms with E-state index in [2.05, 4.69) is 0 Å². The second-order valence-corrected chi connectivity index (χ2v) is 7.78. The first-order valence-electron chi connectivity index (χ1n) is 7.48. The Balaban J connectivity index is 2.16. The van der Waals surface area contributed by atoms with Crippen molar-refractivity contribution in [2.24, 2.45) is 5.73 Å². The van der Waals surface area contributed by atoms with Gasteiger partial charge in [-0.3, -0.25) is 4.79 Å². The number of nitrogens with zero attached hydrogens (tertiary/aromatic N) is 2. The number of rotatable bonds is 4. The highest BCUT2D eigenvalue weighted by molar-refractivity contribution is 7.86. The van der Waals surface area contributed by atoms with Crippen LogP contribution in [0.2, 0.25) is 0 Å². The van der Waals surface area contributed by atoms with Crippen LogP contribution in [0.4, 0.5) is 0 Å². The zero-order chi connectivity index (χ0) is 14.8. The van der Waals surface area contributed by atoms with Gasteiger partial charge in [0.1, 0.15) is 6.04 Å². The van der Waals surface area contributed by atoms with Gasteiger partial charge in [-0.05, 0) is 25.7 Å². The van der Waals surface area contributed by atoms with Crippen molar-refractivity contribution in [1.29, 1.82) is 0 Å². The maximum Gasteiger partial charge on any atom is 0.282 e. The molecule has 2 fully saturated rings. The van der Waals surface area contributed by atoms with E-state index in [4.69, 9.17) is 5.73 Å². The minimum Gasteiger partial charge on any atom is -0.368 e. The van der Waals surface area contributed by atoms with Gasteiger partial charge >= 0.3 is 0 Å². The third kappa shape index (κ3) is 3.15. The molecule has 0 spiro atoms. The fraction of sp³-hybridized carbons (Fsp3) is 0.923. The molecule has 0 aromatic heterocycles. The number of hydrogen-bond donors (Lipinski definition) is 1. The highest BCUT2D eigenvalue weighted by atomic mass is 32.2. The molecule has 1 aliphatic carbocycles. The monoisotopic (exact) mass is 303 g/mol. The minimum absolute atomic E-state index is 0.0594. The van der Waals surface area contributed by atoms with Crippen molar-refractivity contribution < 1.29 is 13.2 Å². The van der Waals surface area contributed by atoms with Crippen LogP contribution in [0.15, 0.2) is 0 Å². The van der Waals surface area contributed by atoms with Gasteiger partial charge in [0.05, 0.1) is 0 Å². The molecule has 1 aliphatic heterocycles. The van der Waals surface area contributed by atoms with E-state index in [0.29, 0.717) is 13.0 Å². The summed E-state index contributed by atoms with van der Waals surface area (Å²) in [7, 11) is -1.95. The fourth-order valence-electron chi connectivity index (χ4n) is 3.26. The van der Waals surface area contributed by atoms with Gasteiger partial charge in [0.25, 0.3) is 10.2 Å². The van der Waals surface area contributed by atoms with E-state index in [-0.39, 0.29) is 6.04 Å². The Bertz CT molecular complexity index is 446. The van der Waals surface area contributed by atoms with Crippen molar-refractivity contribution in [3.63, 3.8) is 0 Å². The van der Waals surface area contributed by atoms with Gasteiger partial charge in [-0.15, -0.1) is 0 Å². The molecule has 6 nitrogen and oxygen atoms in total. The first kappa shape index (κ1) is 15.7. The van der Waals surface area contributed by atoms with Gasteiger partial charge in [-0.1, -0.05) is 25.7 Å². The van der Waals surface area contributed by atoms with Crippen LogP contribution in [0.1, 0.15) is 51.4 Å². The van der Waals surface area contributed by atoms with Gasteiger partial charge in [-0.2, -0.15) is 17.0 Å². The van der Waals surface area contributed by atoms with Crippen molar-refractivity contribution in [1.82, 2.24) is 8.61 Å². The number of hydrogen-bond acceptors (Lipinski definition) is 3. The Morgan fingerprint density at radius 1 is 1.10 bits per heavy atom. The molecular formula is C13H25N3O3S. The number of amides is 1. The molecule has 0 radical (unpaired) electrons. The lowest BCUT2D eigenvalue weighted by molar-refractivity contribution is -0.122. The van der Waals surface area contributed by atoms with Crippen molar-refractivity contribution in [2.75, 3.05) is 13.6 Å². The summed E-state index contributed by atoms with van der Waals surface area (Å²) in [6, 6.07) is -0.621. The summed E-state index contributed by atoms with van der Waals surface area (Å²) in [5.74, 6) is -0.537. The zero-order valence-corrected chi connectivity index (χ0v) is 12.9. The van der Waals surface area contributed by atoms with E-state index < -0.39 is 22.2 Å². The summed E-state index contributed by atoms with van der Waals surface area (Å²) in [5.41, 5.74) is 5.37. The van der Waals surface area contributed by atoms with Crippen molar-refractivity contribution >= 4 is 16.1 Å². The van der Waals surface area contributed by atoms with E-state index in [1.807, 2.05) is 0 Å². The predicted molar refractivity (Wildman–Crippen MR) is 77.1 cm³/mol. The van der Waals surface area contributed by atoms with Crippen molar-refractivity contribution in [2.45, 2.75) is 63.5 Å². The van der Waals surface area contributed by atoms with Gasteiger partial charge < -0.3 is 5.73 Å². The van der Waals surface area contributed by atoms with E-state index in [9.17, 15) is 13.2 Å². The van der Waals surface area contributed by atoms with Crippen LogP contribution in [-0.2, 0) is 15.0 Å². The Labute approximate surface area is 121 Å². The van der Waals surface area contributed by atoms with Gasteiger partial charge in [0.15, 0.2) is 0 Å². The molecule has 7 heteroatoms. The summed E-state index contributed by atoms with van der Waals surface area (Å²) in [4.78, 5) is 11.5. The minimum atomic E-state index is -3.59. The SMILES string of the molecule is CN(C1CCCCC1)S(=O)(=O)N1CCCCC1C(N)=O.